The Kier molecular flexibility index (Phi) is 5.46. The smallest absolute Gasteiger partial charge is 0.162 e. The van der Waals surface area contributed by atoms with Crippen LogP contribution in [0, 0.1) is 17.0 Å². The zero-order valence-electron chi connectivity index (χ0n) is 11.8. The van der Waals surface area contributed by atoms with Crippen LogP contribution in [-0.2, 0) is 15.9 Å². The molecule has 1 heterocycles. The van der Waals surface area contributed by atoms with Crippen LogP contribution in [0.1, 0.15) is 12.0 Å². The lowest BCUT2D eigenvalue weighted by Gasteiger charge is -2.28. The van der Waals surface area contributed by atoms with Gasteiger partial charge in [0.2, 0.25) is 0 Å². The van der Waals surface area contributed by atoms with Crippen molar-refractivity contribution in [2.75, 3.05) is 40.0 Å². The highest BCUT2D eigenvalue weighted by molar-refractivity contribution is 5.21. The summed E-state index contributed by atoms with van der Waals surface area (Å²) in [4.78, 5) is 0. The molecular formula is C15H21F2NO2. The van der Waals surface area contributed by atoms with E-state index in [-0.39, 0.29) is 5.41 Å². The van der Waals surface area contributed by atoms with Gasteiger partial charge in [0, 0.05) is 32.2 Å². The number of halogens is 2. The molecule has 2 rings (SSSR count). The fraction of sp³-hybridized carbons (Fsp3) is 0.600. The minimum atomic E-state index is -0.788. The van der Waals surface area contributed by atoms with Crippen LogP contribution >= 0.6 is 0 Å². The summed E-state index contributed by atoms with van der Waals surface area (Å²) in [7, 11) is 1.65. The fourth-order valence-electron chi connectivity index (χ4n) is 2.61. The molecule has 1 aromatic rings. The minimum Gasteiger partial charge on any atom is -0.383 e. The van der Waals surface area contributed by atoms with Crippen molar-refractivity contribution in [2.45, 2.75) is 12.8 Å². The van der Waals surface area contributed by atoms with E-state index in [0.29, 0.717) is 38.3 Å². The van der Waals surface area contributed by atoms with E-state index in [9.17, 15) is 8.78 Å². The van der Waals surface area contributed by atoms with Gasteiger partial charge in [0.1, 0.15) is 0 Å². The molecule has 1 atom stereocenters. The van der Waals surface area contributed by atoms with E-state index >= 15 is 0 Å². The summed E-state index contributed by atoms with van der Waals surface area (Å²) in [5, 5.41) is 3.30. The van der Waals surface area contributed by atoms with Gasteiger partial charge < -0.3 is 14.8 Å². The quantitative estimate of drug-likeness (QED) is 0.779. The molecule has 1 fully saturated rings. The number of benzene rings is 1. The molecule has 0 aromatic heterocycles. The lowest BCUT2D eigenvalue weighted by atomic mass is 9.80. The Hall–Kier alpha value is -1.04. The summed E-state index contributed by atoms with van der Waals surface area (Å²) in [6.07, 6.45) is 1.33. The highest BCUT2D eigenvalue weighted by atomic mass is 19.2. The summed E-state index contributed by atoms with van der Waals surface area (Å²) in [6.45, 7) is 3.33. The summed E-state index contributed by atoms with van der Waals surface area (Å²) < 4.78 is 37.6. The van der Waals surface area contributed by atoms with Gasteiger partial charge in [-0.15, -0.1) is 0 Å². The van der Waals surface area contributed by atoms with Crippen molar-refractivity contribution >= 4 is 0 Å². The van der Waals surface area contributed by atoms with Gasteiger partial charge in [-0.1, -0.05) is 12.1 Å². The van der Waals surface area contributed by atoms with E-state index in [1.165, 1.54) is 0 Å². The summed E-state index contributed by atoms with van der Waals surface area (Å²) in [5.41, 5.74) is 0.256. The van der Waals surface area contributed by atoms with Crippen molar-refractivity contribution in [2.24, 2.45) is 5.41 Å². The van der Waals surface area contributed by atoms with E-state index in [2.05, 4.69) is 5.32 Å². The van der Waals surface area contributed by atoms with Crippen molar-refractivity contribution < 1.29 is 18.3 Å². The number of hydrogen-bond donors (Lipinski definition) is 1. The second-order valence-corrected chi connectivity index (χ2v) is 5.36. The second-order valence-electron chi connectivity index (χ2n) is 5.36. The van der Waals surface area contributed by atoms with Crippen molar-refractivity contribution in [3.05, 3.63) is 35.4 Å². The molecule has 1 aliphatic rings. The maximum atomic E-state index is 13.8. The van der Waals surface area contributed by atoms with Crippen LogP contribution in [0.5, 0.6) is 0 Å². The molecule has 0 saturated carbocycles. The zero-order chi connectivity index (χ0) is 14.4. The zero-order valence-corrected chi connectivity index (χ0v) is 11.8. The van der Waals surface area contributed by atoms with E-state index in [1.807, 2.05) is 0 Å². The molecule has 1 unspecified atom stereocenters. The van der Waals surface area contributed by atoms with Crippen LogP contribution in [0.25, 0.3) is 0 Å². The van der Waals surface area contributed by atoms with Crippen molar-refractivity contribution in [3.8, 4) is 0 Å². The van der Waals surface area contributed by atoms with Gasteiger partial charge in [-0.2, -0.15) is 0 Å². The summed E-state index contributed by atoms with van der Waals surface area (Å²) in [5.74, 6) is -1.53. The normalized spacial score (nSPS) is 22.4. The first-order valence-corrected chi connectivity index (χ1v) is 6.87. The molecule has 0 amide bonds. The monoisotopic (exact) mass is 285 g/mol. The third kappa shape index (κ3) is 3.75. The third-order valence-electron chi connectivity index (χ3n) is 3.76. The first kappa shape index (κ1) is 15.4. The molecule has 112 valence electrons. The summed E-state index contributed by atoms with van der Waals surface area (Å²) in [6, 6.07) is 4.34. The minimum absolute atomic E-state index is 0.164. The Labute approximate surface area is 118 Å². The lowest BCUT2D eigenvalue weighted by Crippen LogP contribution is -2.38. The van der Waals surface area contributed by atoms with Gasteiger partial charge in [0.25, 0.3) is 0 Å². The van der Waals surface area contributed by atoms with E-state index in [4.69, 9.17) is 9.47 Å². The van der Waals surface area contributed by atoms with Crippen molar-refractivity contribution in [1.82, 2.24) is 5.32 Å². The van der Waals surface area contributed by atoms with Crippen molar-refractivity contribution in [1.29, 1.82) is 0 Å². The standard InChI is InChI=1S/C15H21F2NO2/c1-19-8-6-18-10-15(5-7-20-11-15)9-12-3-2-4-13(16)14(12)17/h2-4,18H,5-11H2,1H3. The topological polar surface area (TPSA) is 30.5 Å². The SMILES string of the molecule is COCCNCC1(Cc2cccc(F)c2F)CCOC1. The van der Waals surface area contributed by atoms with Crippen LogP contribution < -0.4 is 5.32 Å². The van der Waals surface area contributed by atoms with Crippen LogP contribution in [0.2, 0.25) is 0 Å². The molecule has 20 heavy (non-hydrogen) atoms. The highest BCUT2D eigenvalue weighted by Gasteiger charge is 2.35. The number of hydrogen-bond acceptors (Lipinski definition) is 3. The van der Waals surface area contributed by atoms with Crippen molar-refractivity contribution in [3.63, 3.8) is 0 Å². The van der Waals surface area contributed by atoms with Gasteiger partial charge >= 0.3 is 0 Å². The Morgan fingerprint density at radius 2 is 2.25 bits per heavy atom. The predicted octanol–water partition coefficient (Wildman–Crippen LogP) is 2.15. The van der Waals surface area contributed by atoms with Gasteiger partial charge in [-0.25, -0.2) is 8.78 Å². The third-order valence-corrected chi connectivity index (χ3v) is 3.76. The lowest BCUT2D eigenvalue weighted by molar-refractivity contribution is 0.144. The molecule has 1 aliphatic heterocycles. The second kappa shape index (κ2) is 7.11. The maximum absolute atomic E-state index is 13.8. The maximum Gasteiger partial charge on any atom is 0.162 e. The molecule has 1 saturated heterocycles. The molecule has 0 aliphatic carbocycles. The van der Waals surface area contributed by atoms with Crippen LogP contribution in [-0.4, -0.2) is 40.0 Å². The van der Waals surface area contributed by atoms with E-state index < -0.39 is 11.6 Å². The van der Waals surface area contributed by atoms with E-state index in [1.54, 1.807) is 19.2 Å². The molecule has 1 N–H and O–H groups in total. The largest absolute Gasteiger partial charge is 0.383 e. The fourth-order valence-corrected chi connectivity index (χ4v) is 2.61. The molecule has 0 spiro atoms. The molecule has 3 nitrogen and oxygen atoms in total. The first-order chi connectivity index (χ1) is 9.67. The highest BCUT2D eigenvalue weighted by Crippen LogP contribution is 2.33. The molecule has 0 bridgehead atoms. The van der Waals surface area contributed by atoms with Gasteiger partial charge in [0.05, 0.1) is 13.2 Å². The van der Waals surface area contributed by atoms with Crippen LogP contribution in [0.15, 0.2) is 18.2 Å². The van der Waals surface area contributed by atoms with Gasteiger partial charge in [-0.05, 0) is 24.5 Å². The molecule has 0 radical (unpaired) electrons. The van der Waals surface area contributed by atoms with Gasteiger partial charge in [0.15, 0.2) is 11.6 Å². The average Bonchev–Trinajstić information content (AvgIpc) is 2.89. The number of ether oxygens (including phenoxy) is 2. The Bertz CT molecular complexity index is 434. The molecule has 1 aromatic carbocycles. The van der Waals surface area contributed by atoms with Crippen LogP contribution in [0.4, 0.5) is 8.78 Å². The number of nitrogens with one attached hydrogen (secondary N) is 1. The Balaban J connectivity index is 2.03. The Morgan fingerprint density at radius 1 is 1.40 bits per heavy atom. The number of methoxy groups -OCH3 is 1. The predicted molar refractivity (Wildman–Crippen MR) is 72.7 cm³/mol. The summed E-state index contributed by atoms with van der Waals surface area (Å²) >= 11 is 0. The van der Waals surface area contributed by atoms with E-state index in [0.717, 1.165) is 19.0 Å². The first-order valence-electron chi connectivity index (χ1n) is 6.87. The Morgan fingerprint density at radius 3 is 2.95 bits per heavy atom. The number of rotatable bonds is 7. The van der Waals surface area contributed by atoms with Crippen LogP contribution in [0.3, 0.4) is 0 Å². The molecule has 5 heteroatoms. The molecular weight excluding hydrogens is 264 g/mol. The average molecular weight is 285 g/mol. The van der Waals surface area contributed by atoms with Gasteiger partial charge in [-0.3, -0.25) is 0 Å².